The molecule has 3 aromatic rings. The Hall–Kier alpha value is -3.81. The maximum atomic E-state index is 12.8. The molecule has 0 bridgehead atoms. The van der Waals surface area contributed by atoms with Gasteiger partial charge in [0.05, 0.1) is 12.8 Å². The molecule has 2 N–H and O–H groups in total. The number of nitrogens with zero attached hydrogens (tertiary/aromatic N) is 2. The van der Waals surface area contributed by atoms with Gasteiger partial charge in [-0.2, -0.15) is 0 Å². The number of likely N-dealkylation sites (N-methyl/N-ethyl adjacent to an activating group) is 1. The third kappa shape index (κ3) is 4.74. The number of nitrogens with one attached hydrogen (secondary N) is 2. The average molecular weight is 434 g/mol. The minimum atomic E-state index is -0.276. The van der Waals surface area contributed by atoms with E-state index in [1.54, 1.807) is 18.2 Å². The molecule has 166 valence electrons. The highest BCUT2D eigenvalue weighted by atomic mass is 16.5. The van der Waals surface area contributed by atoms with Crippen molar-refractivity contribution in [2.24, 2.45) is 0 Å². The van der Waals surface area contributed by atoms with Crippen LogP contribution in [0, 0.1) is 0 Å². The average Bonchev–Trinajstić information content (AvgIpc) is 3.27. The van der Waals surface area contributed by atoms with Crippen LogP contribution in [0.5, 0.6) is 11.5 Å². The third-order valence-electron chi connectivity index (χ3n) is 5.39. The molecule has 0 unspecified atom stereocenters. The molecule has 1 aliphatic rings. The number of ether oxygens (including phenoxy) is 2. The van der Waals surface area contributed by atoms with Gasteiger partial charge in [0.2, 0.25) is 0 Å². The summed E-state index contributed by atoms with van der Waals surface area (Å²) in [6, 6.07) is 12.5. The molecular weight excluding hydrogens is 408 g/mol. The third-order valence-corrected chi connectivity index (χ3v) is 5.39. The Kier molecular flexibility index (Phi) is 6.39. The Morgan fingerprint density at radius 1 is 1.12 bits per heavy atom. The quantitative estimate of drug-likeness (QED) is 0.595. The van der Waals surface area contributed by atoms with E-state index in [9.17, 15) is 9.59 Å². The molecule has 4 rings (SSSR count). The molecule has 2 heterocycles. The van der Waals surface area contributed by atoms with Crippen molar-refractivity contribution in [3.05, 3.63) is 60.0 Å². The number of benzene rings is 2. The van der Waals surface area contributed by atoms with Crippen LogP contribution in [0.1, 0.15) is 29.0 Å². The lowest BCUT2D eigenvalue weighted by Gasteiger charge is -2.12. The van der Waals surface area contributed by atoms with Crippen LogP contribution < -0.4 is 20.1 Å². The molecule has 1 aliphatic heterocycles. The second-order valence-corrected chi connectivity index (χ2v) is 7.56. The van der Waals surface area contributed by atoms with E-state index in [0.717, 1.165) is 30.0 Å². The fraction of sp³-hybridized carbons (Fsp3) is 0.292. The van der Waals surface area contributed by atoms with Crippen molar-refractivity contribution in [1.29, 1.82) is 0 Å². The molecule has 8 nitrogen and oxygen atoms in total. The molecule has 0 radical (unpaired) electrons. The number of rotatable bonds is 7. The maximum absolute atomic E-state index is 12.8. The fourth-order valence-electron chi connectivity index (χ4n) is 3.65. The molecule has 0 fully saturated rings. The van der Waals surface area contributed by atoms with E-state index < -0.39 is 0 Å². The molecule has 2 amide bonds. The molecule has 0 saturated heterocycles. The van der Waals surface area contributed by atoms with Crippen LogP contribution in [-0.4, -0.2) is 42.1 Å². The van der Waals surface area contributed by atoms with E-state index in [-0.39, 0.29) is 18.4 Å². The first-order valence-electron chi connectivity index (χ1n) is 10.6. The molecule has 0 spiro atoms. The zero-order valence-electron chi connectivity index (χ0n) is 18.2. The van der Waals surface area contributed by atoms with Crippen LogP contribution in [0.15, 0.2) is 48.7 Å². The lowest BCUT2D eigenvalue weighted by molar-refractivity contribution is -0.122. The molecule has 0 saturated carbocycles. The summed E-state index contributed by atoms with van der Waals surface area (Å²) in [6.07, 6.45) is 5.43. The van der Waals surface area contributed by atoms with Gasteiger partial charge in [-0.05, 0) is 43.2 Å². The first-order chi connectivity index (χ1) is 15.6. The summed E-state index contributed by atoms with van der Waals surface area (Å²) in [5.41, 5.74) is 2.96. The summed E-state index contributed by atoms with van der Waals surface area (Å²) in [5.74, 6) is 1.35. The normalized spacial score (nSPS) is 12.6. The van der Waals surface area contributed by atoms with Crippen LogP contribution in [0.25, 0.3) is 11.3 Å². The van der Waals surface area contributed by atoms with Gasteiger partial charge in [-0.25, -0.2) is 4.98 Å². The number of aryl methyl sites for hydroxylation is 2. The predicted molar refractivity (Wildman–Crippen MR) is 121 cm³/mol. The Bertz CT molecular complexity index is 1120. The highest BCUT2D eigenvalue weighted by molar-refractivity contribution is 6.05. The number of methoxy groups -OCH3 is 1. The molecule has 0 atom stereocenters. The lowest BCUT2D eigenvalue weighted by Crippen LogP contribution is -2.25. The highest BCUT2D eigenvalue weighted by Gasteiger charge is 2.15. The van der Waals surface area contributed by atoms with E-state index in [0.29, 0.717) is 22.7 Å². The van der Waals surface area contributed by atoms with E-state index >= 15 is 0 Å². The van der Waals surface area contributed by atoms with Crippen molar-refractivity contribution < 1.29 is 19.1 Å². The second-order valence-electron chi connectivity index (χ2n) is 7.56. The number of fused-ring (bicyclic) bond motifs is 1. The van der Waals surface area contributed by atoms with Crippen molar-refractivity contribution in [3.63, 3.8) is 0 Å². The van der Waals surface area contributed by atoms with Crippen molar-refractivity contribution in [2.45, 2.75) is 25.8 Å². The van der Waals surface area contributed by atoms with Crippen LogP contribution in [0.3, 0.4) is 0 Å². The van der Waals surface area contributed by atoms with Gasteiger partial charge in [-0.3, -0.25) is 9.59 Å². The monoisotopic (exact) mass is 434 g/mol. The summed E-state index contributed by atoms with van der Waals surface area (Å²) in [6.45, 7) is 0.867. The molecule has 0 aliphatic carbocycles. The zero-order chi connectivity index (χ0) is 22.5. The summed E-state index contributed by atoms with van der Waals surface area (Å²) in [5, 5.41) is 5.41. The number of hydrogen-bond donors (Lipinski definition) is 2. The number of carbonyl (C=O) groups excluding carboxylic acids is 2. The standard InChI is InChI=1S/C24H26N4O4/c1-25-23(29)15-32-20-10-9-17(13-21(20)31-2)24(30)26-18-7-5-6-16(12-18)19-14-28-11-4-3-8-22(28)27-19/h5-7,9-10,12-14H,3-4,8,11,15H2,1-2H3,(H,25,29)(H,26,30). The van der Waals surface area contributed by atoms with Crippen LogP contribution in [0.4, 0.5) is 5.69 Å². The topological polar surface area (TPSA) is 94.5 Å². The SMILES string of the molecule is CNC(=O)COc1ccc(C(=O)Nc2cccc(-c3cn4c(n3)CCCC4)c2)cc1OC. The molecule has 2 aromatic carbocycles. The van der Waals surface area contributed by atoms with E-state index in [2.05, 4.69) is 21.4 Å². The molecular formula is C24H26N4O4. The minimum absolute atomic E-state index is 0.136. The van der Waals surface area contributed by atoms with Gasteiger partial charge in [0.25, 0.3) is 11.8 Å². The maximum Gasteiger partial charge on any atom is 0.257 e. The predicted octanol–water partition coefficient (Wildman–Crippen LogP) is 3.27. The van der Waals surface area contributed by atoms with Crippen molar-refractivity contribution in [2.75, 3.05) is 26.1 Å². The van der Waals surface area contributed by atoms with E-state index in [4.69, 9.17) is 14.5 Å². The fourth-order valence-corrected chi connectivity index (χ4v) is 3.65. The number of amides is 2. The minimum Gasteiger partial charge on any atom is -0.493 e. The van der Waals surface area contributed by atoms with Gasteiger partial charge < -0.3 is 24.7 Å². The van der Waals surface area contributed by atoms with E-state index in [1.807, 2.05) is 24.3 Å². The Balaban J connectivity index is 1.48. The number of imidazole rings is 1. The van der Waals surface area contributed by atoms with Crippen LogP contribution >= 0.6 is 0 Å². The number of carbonyl (C=O) groups is 2. The molecule has 32 heavy (non-hydrogen) atoms. The van der Waals surface area contributed by atoms with Crippen LogP contribution in [0.2, 0.25) is 0 Å². The van der Waals surface area contributed by atoms with Crippen molar-refractivity contribution in [1.82, 2.24) is 14.9 Å². The van der Waals surface area contributed by atoms with Gasteiger partial charge in [0.1, 0.15) is 5.82 Å². The number of hydrogen-bond acceptors (Lipinski definition) is 5. The second kappa shape index (κ2) is 9.55. The van der Waals surface area contributed by atoms with Gasteiger partial charge in [-0.1, -0.05) is 12.1 Å². The first-order valence-corrected chi connectivity index (χ1v) is 10.6. The Morgan fingerprint density at radius 2 is 2.00 bits per heavy atom. The van der Waals surface area contributed by atoms with Crippen LogP contribution in [-0.2, 0) is 17.8 Å². The van der Waals surface area contributed by atoms with Gasteiger partial charge in [0.15, 0.2) is 18.1 Å². The Labute approximate surface area is 186 Å². The number of aromatic nitrogens is 2. The van der Waals surface area contributed by atoms with Gasteiger partial charge in [0, 0.05) is 43.0 Å². The summed E-state index contributed by atoms with van der Waals surface area (Å²) >= 11 is 0. The van der Waals surface area contributed by atoms with Gasteiger partial charge in [-0.15, -0.1) is 0 Å². The lowest BCUT2D eigenvalue weighted by atomic mass is 10.1. The Morgan fingerprint density at radius 3 is 2.78 bits per heavy atom. The van der Waals surface area contributed by atoms with Crippen molar-refractivity contribution >= 4 is 17.5 Å². The van der Waals surface area contributed by atoms with Crippen molar-refractivity contribution in [3.8, 4) is 22.8 Å². The smallest absolute Gasteiger partial charge is 0.257 e. The summed E-state index contributed by atoms with van der Waals surface area (Å²) < 4.78 is 13.0. The largest absolute Gasteiger partial charge is 0.493 e. The summed E-state index contributed by atoms with van der Waals surface area (Å²) in [4.78, 5) is 29.0. The zero-order valence-corrected chi connectivity index (χ0v) is 18.2. The van der Waals surface area contributed by atoms with E-state index in [1.165, 1.54) is 27.0 Å². The summed E-state index contributed by atoms with van der Waals surface area (Å²) in [7, 11) is 3.02. The molecule has 8 heteroatoms. The van der Waals surface area contributed by atoms with Gasteiger partial charge >= 0.3 is 0 Å². The first kappa shape index (κ1) is 21.4. The number of anilines is 1. The highest BCUT2D eigenvalue weighted by Crippen LogP contribution is 2.29. The molecule has 1 aromatic heterocycles.